The molecule has 26 heavy (non-hydrogen) atoms. The molecular weight excluding hydrogens is 326 g/mol. The lowest BCUT2D eigenvalue weighted by atomic mass is 10.1. The van der Waals surface area contributed by atoms with Crippen LogP contribution in [0.25, 0.3) is 10.8 Å². The molecule has 1 aliphatic carbocycles. The van der Waals surface area contributed by atoms with E-state index in [4.69, 9.17) is 0 Å². The van der Waals surface area contributed by atoms with Crippen LogP contribution in [0.4, 0.5) is 0 Å². The molecule has 1 heterocycles. The van der Waals surface area contributed by atoms with Gasteiger partial charge in [-0.25, -0.2) is 5.10 Å². The van der Waals surface area contributed by atoms with Crippen molar-refractivity contribution >= 4 is 16.7 Å². The average molecular weight is 347 g/mol. The summed E-state index contributed by atoms with van der Waals surface area (Å²) in [6.07, 6.45) is 2.30. The second-order valence-corrected chi connectivity index (χ2v) is 6.94. The van der Waals surface area contributed by atoms with Crippen molar-refractivity contribution in [2.45, 2.75) is 32.4 Å². The van der Waals surface area contributed by atoms with Crippen LogP contribution in [-0.4, -0.2) is 27.0 Å². The lowest BCUT2D eigenvalue weighted by Gasteiger charge is -2.29. The van der Waals surface area contributed by atoms with Crippen molar-refractivity contribution in [3.63, 3.8) is 0 Å². The molecule has 5 heteroatoms. The molecule has 132 valence electrons. The van der Waals surface area contributed by atoms with Crippen LogP contribution in [0.2, 0.25) is 0 Å². The minimum absolute atomic E-state index is 0.134. The number of hydrogen-bond acceptors (Lipinski definition) is 3. The number of benzene rings is 2. The number of carbonyl (C=O) groups is 1. The van der Waals surface area contributed by atoms with E-state index in [1.54, 1.807) is 18.2 Å². The van der Waals surface area contributed by atoms with Gasteiger partial charge in [-0.1, -0.05) is 48.5 Å². The number of hydrogen-bond donors (Lipinski definition) is 1. The fourth-order valence-corrected chi connectivity index (χ4v) is 3.43. The van der Waals surface area contributed by atoms with Crippen LogP contribution < -0.4 is 5.56 Å². The van der Waals surface area contributed by atoms with Crippen LogP contribution in [0.15, 0.2) is 59.4 Å². The molecule has 1 aliphatic rings. The van der Waals surface area contributed by atoms with Crippen molar-refractivity contribution < 1.29 is 4.79 Å². The fourth-order valence-electron chi connectivity index (χ4n) is 3.43. The summed E-state index contributed by atoms with van der Waals surface area (Å²) < 4.78 is 0. The van der Waals surface area contributed by atoms with E-state index in [0.717, 1.165) is 18.4 Å². The lowest BCUT2D eigenvalue weighted by Crippen LogP contribution is -2.40. The van der Waals surface area contributed by atoms with Gasteiger partial charge in [0.15, 0.2) is 5.69 Å². The van der Waals surface area contributed by atoms with Gasteiger partial charge in [0.2, 0.25) is 0 Å². The van der Waals surface area contributed by atoms with Crippen LogP contribution >= 0.6 is 0 Å². The Balaban J connectivity index is 1.75. The van der Waals surface area contributed by atoms with Crippen LogP contribution in [0, 0.1) is 5.92 Å². The predicted octanol–water partition coefficient (Wildman–Crippen LogP) is 3.36. The number of rotatable bonds is 5. The number of amides is 1. The van der Waals surface area contributed by atoms with E-state index in [2.05, 4.69) is 17.1 Å². The molecule has 1 atom stereocenters. The van der Waals surface area contributed by atoms with E-state index >= 15 is 0 Å². The fraction of sp³-hybridized carbons (Fsp3) is 0.286. The molecule has 0 aliphatic heterocycles. The molecule has 0 bridgehead atoms. The van der Waals surface area contributed by atoms with E-state index in [9.17, 15) is 9.59 Å². The summed E-state index contributed by atoms with van der Waals surface area (Å²) in [6.45, 7) is 2.64. The highest BCUT2D eigenvalue weighted by molar-refractivity contribution is 6.04. The molecule has 4 rings (SSSR count). The van der Waals surface area contributed by atoms with Gasteiger partial charge >= 0.3 is 0 Å². The van der Waals surface area contributed by atoms with Crippen molar-refractivity contribution in [2.24, 2.45) is 5.92 Å². The maximum absolute atomic E-state index is 13.4. The van der Waals surface area contributed by atoms with E-state index in [1.165, 1.54) is 0 Å². The van der Waals surface area contributed by atoms with Crippen LogP contribution in [0.3, 0.4) is 0 Å². The van der Waals surface area contributed by atoms with Crippen molar-refractivity contribution in [3.05, 3.63) is 76.2 Å². The zero-order valence-corrected chi connectivity index (χ0v) is 14.7. The Bertz CT molecular complexity index is 993. The number of nitrogens with zero attached hydrogens (tertiary/aromatic N) is 2. The van der Waals surface area contributed by atoms with Gasteiger partial charge in [0, 0.05) is 18.0 Å². The Morgan fingerprint density at radius 2 is 1.77 bits per heavy atom. The molecule has 0 saturated heterocycles. The topological polar surface area (TPSA) is 66.1 Å². The van der Waals surface area contributed by atoms with E-state index < -0.39 is 0 Å². The molecule has 2 aromatic carbocycles. The van der Waals surface area contributed by atoms with Crippen LogP contribution in [0.5, 0.6) is 0 Å². The molecule has 3 aromatic rings. The summed E-state index contributed by atoms with van der Waals surface area (Å²) >= 11 is 0. The molecular formula is C21H21N3O2. The molecule has 1 unspecified atom stereocenters. The second-order valence-electron chi connectivity index (χ2n) is 6.94. The Kier molecular flexibility index (Phi) is 4.29. The predicted molar refractivity (Wildman–Crippen MR) is 101 cm³/mol. The molecule has 1 saturated carbocycles. The average Bonchev–Trinajstić information content (AvgIpc) is 3.52. The molecule has 1 amide bonds. The SMILES string of the molecule is CC(C1CC1)N(Cc1ccccc1)C(=O)c1n[nH]c(=O)c2ccccc12. The summed E-state index contributed by atoms with van der Waals surface area (Å²) in [7, 11) is 0. The van der Waals surface area contributed by atoms with Gasteiger partial charge in [-0.3, -0.25) is 9.59 Å². The summed E-state index contributed by atoms with van der Waals surface area (Å²) in [6, 6.07) is 17.2. The van der Waals surface area contributed by atoms with Crippen molar-refractivity contribution in [1.29, 1.82) is 0 Å². The highest BCUT2D eigenvalue weighted by Crippen LogP contribution is 2.36. The van der Waals surface area contributed by atoms with Gasteiger partial charge < -0.3 is 4.90 Å². The van der Waals surface area contributed by atoms with Crippen LogP contribution in [-0.2, 0) is 6.54 Å². The van der Waals surface area contributed by atoms with Crippen molar-refractivity contribution in [3.8, 4) is 0 Å². The molecule has 1 fully saturated rings. The first kappa shape index (κ1) is 16.5. The third-order valence-corrected chi connectivity index (χ3v) is 5.15. The van der Waals surface area contributed by atoms with Crippen molar-refractivity contribution in [2.75, 3.05) is 0 Å². The zero-order valence-electron chi connectivity index (χ0n) is 14.7. The number of nitrogens with one attached hydrogen (secondary N) is 1. The van der Waals surface area contributed by atoms with Gasteiger partial charge in [0.25, 0.3) is 11.5 Å². The normalized spacial score (nSPS) is 15.0. The van der Waals surface area contributed by atoms with Gasteiger partial charge in [0.05, 0.1) is 5.39 Å². The Morgan fingerprint density at radius 3 is 2.46 bits per heavy atom. The summed E-state index contributed by atoms with van der Waals surface area (Å²) in [5.41, 5.74) is 1.12. The zero-order chi connectivity index (χ0) is 18.1. The monoisotopic (exact) mass is 347 g/mol. The van der Waals surface area contributed by atoms with Gasteiger partial charge in [-0.2, -0.15) is 5.10 Å². The summed E-state index contributed by atoms with van der Waals surface area (Å²) in [5, 5.41) is 7.67. The second kappa shape index (κ2) is 6.75. The molecule has 5 nitrogen and oxygen atoms in total. The number of H-pyrrole nitrogens is 1. The minimum Gasteiger partial charge on any atom is -0.330 e. The smallest absolute Gasteiger partial charge is 0.275 e. The summed E-state index contributed by atoms with van der Waals surface area (Å²) in [5.74, 6) is 0.400. The molecule has 1 aromatic heterocycles. The lowest BCUT2D eigenvalue weighted by molar-refractivity contribution is 0.0649. The van der Waals surface area contributed by atoms with Crippen LogP contribution in [0.1, 0.15) is 35.8 Å². The number of aromatic amines is 1. The first-order valence-corrected chi connectivity index (χ1v) is 8.97. The van der Waals surface area contributed by atoms with E-state index in [-0.39, 0.29) is 17.5 Å². The summed E-state index contributed by atoms with van der Waals surface area (Å²) in [4.78, 5) is 27.3. The third kappa shape index (κ3) is 3.12. The van der Waals surface area contributed by atoms with E-state index in [1.807, 2.05) is 41.3 Å². The quantitative estimate of drug-likeness (QED) is 0.769. The van der Waals surface area contributed by atoms with Gasteiger partial charge in [-0.05, 0) is 37.3 Å². The maximum Gasteiger partial charge on any atom is 0.275 e. The number of aromatic nitrogens is 2. The molecule has 0 radical (unpaired) electrons. The first-order chi connectivity index (χ1) is 12.6. The molecule has 0 spiro atoms. The number of carbonyl (C=O) groups excluding carboxylic acids is 1. The van der Waals surface area contributed by atoms with Gasteiger partial charge in [-0.15, -0.1) is 0 Å². The highest BCUT2D eigenvalue weighted by atomic mass is 16.2. The number of fused-ring (bicyclic) bond motifs is 1. The first-order valence-electron chi connectivity index (χ1n) is 8.97. The third-order valence-electron chi connectivity index (χ3n) is 5.15. The maximum atomic E-state index is 13.4. The Labute approximate surface area is 151 Å². The van der Waals surface area contributed by atoms with Crippen molar-refractivity contribution in [1.82, 2.24) is 15.1 Å². The van der Waals surface area contributed by atoms with Gasteiger partial charge in [0.1, 0.15) is 0 Å². The standard InChI is InChI=1S/C21H21N3O2/c1-14(16-11-12-16)24(13-15-7-3-2-4-8-15)21(26)19-17-9-5-6-10-18(17)20(25)23-22-19/h2-10,14,16H,11-13H2,1H3,(H,23,25). The Hall–Kier alpha value is -2.95. The highest BCUT2D eigenvalue weighted by Gasteiger charge is 2.35. The minimum atomic E-state index is -0.276. The molecule has 1 N–H and O–H groups in total. The largest absolute Gasteiger partial charge is 0.330 e. The van der Waals surface area contributed by atoms with E-state index in [0.29, 0.717) is 28.9 Å². The Morgan fingerprint density at radius 1 is 1.12 bits per heavy atom.